The standard InChI is InChI=1S/C20H19N3O2/c1-14-13-21-23(15-7-3-2-4-8-15)19(14)22-20(24)17-11-12-25-18-10-6-5-9-16(17)18/h2-10,13,17H,11-12H2,1H3,(H,22,24). The van der Waals surface area contributed by atoms with Crippen molar-refractivity contribution in [3.63, 3.8) is 0 Å². The third kappa shape index (κ3) is 2.89. The Morgan fingerprint density at radius 2 is 1.92 bits per heavy atom. The molecule has 0 fully saturated rings. The summed E-state index contributed by atoms with van der Waals surface area (Å²) in [5.41, 5.74) is 2.78. The molecule has 4 rings (SSSR count). The summed E-state index contributed by atoms with van der Waals surface area (Å²) in [5, 5.41) is 7.48. The van der Waals surface area contributed by atoms with E-state index >= 15 is 0 Å². The fraction of sp³-hybridized carbons (Fsp3) is 0.200. The van der Waals surface area contributed by atoms with Gasteiger partial charge in [0, 0.05) is 11.1 Å². The Hall–Kier alpha value is -3.08. The number of carbonyl (C=O) groups is 1. The number of fused-ring (bicyclic) bond motifs is 1. The van der Waals surface area contributed by atoms with Gasteiger partial charge in [0.2, 0.25) is 5.91 Å². The van der Waals surface area contributed by atoms with E-state index in [2.05, 4.69) is 10.4 Å². The lowest BCUT2D eigenvalue weighted by molar-refractivity contribution is -0.118. The highest BCUT2D eigenvalue weighted by Gasteiger charge is 2.28. The first-order chi connectivity index (χ1) is 12.2. The normalized spacial score (nSPS) is 16.0. The minimum Gasteiger partial charge on any atom is -0.493 e. The molecule has 1 aromatic heterocycles. The molecule has 25 heavy (non-hydrogen) atoms. The predicted molar refractivity (Wildman–Crippen MR) is 96.2 cm³/mol. The zero-order chi connectivity index (χ0) is 17.2. The van der Waals surface area contributed by atoms with Crippen LogP contribution >= 0.6 is 0 Å². The molecule has 0 radical (unpaired) electrons. The molecule has 0 spiro atoms. The van der Waals surface area contributed by atoms with Gasteiger partial charge < -0.3 is 10.1 Å². The van der Waals surface area contributed by atoms with E-state index in [1.165, 1.54) is 0 Å². The van der Waals surface area contributed by atoms with Crippen LogP contribution in [0.15, 0.2) is 60.8 Å². The largest absolute Gasteiger partial charge is 0.493 e. The quantitative estimate of drug-likeness (QED) is 0.795. The fourth-order valence-corrected chi connectivity index (χ4v) is 3.16. The molecule has 2 heterocycles. The minimum atomic E-state index is -0.219. The van der Waals surface area contributed by atoms with Gasteiger partial charge in [-0.25, -0.2) is 4.68 Å². The first-order valence-electron chi connectivity index (χ1n) is 8.36. The van der Waals surface area contributed by atoms with Gasteiger partial charge >= 0.3 is 0 Å². The van der Waals surface area contributed by atoms with Crippen molar-refractivity contribution in [1.82, 2.24) is 9.78 Å². The maximum Gasteiger partial charge on any atom is 0.233 e. The van der Waals surface area contributed by atoms with E-state index < -0.39 is 0 Å². The first-order valence-corrected chi connectivity index (χ1v) is 8.36. The van der Waals surface area contributed by atoms with Crippen molar-refractivity contribution in [3.05, 3.63) is 71.9 Å². The van der Waals surface area contributed by atoms with Crippen molar-refractivity contribution in [1.29, 1.82) is 0 Å². The van der Waals surface area contributed by atoms with Crippen molar-refractivity contribution in [3.8, 4) is 11.4 Å². The van der Waals surface area contributed by atoms with Crippen molar-refractivity contribution in [2.24, 2.45) is 0 Å². The molecular weight excluding hydrogens is 314 g/mol. The Bertz CT molecular complexity index is 902. The number of nitrogens with one attached hydrogen (secondary N) is 1. The van der Waals surface area contributed by atoms with Gasteiger partial charge in [-0.3, -0.25) is 4.79 Å². The predicted octanol–water partition coefficient (Wildman–Crippen LogP) is 3.69. The van der Waals surface area contributed by atoms with Crippen LogP contribution in [0.3, 0.4) is 0 Å². The molecule has 1 unspecified atom stereocenters. The summed E-state index contributed by atoms with van der Waals surface area (Å²) >= 11 is 0. The molecule has 3 aromatic rings. The maximum absolute atomic E-state index is 13.0. The van der Waals surface area contributed by atoms with Crippen molar-refractivity contribution in [2.45, 2.75) is 19.3 Å². The van der Waals surface area contributed by atoms with E-state index in [1.807, 2.05) is 61.5 Å². The molecule has 0 saturated heterocycles. The number of carbonyl (C=O) groups excluding carboxylic acids is 1. The van der Waals surface area contributed by atoms with E-state index in [1.54, 1.807) is 10.9 Å². The zero-order valence-electron chi connectivity index (χ0n) is 14.0. The van der Waals surface area contributed by atoms with Gasteiger partial charge in [-0.1, -0.05) is 36.4 Å². The van der Waals surface area contributed by atoms with Crippen molar-refractivity contribution < 1.29 is 9.53 Å². The number of ether oxygens (including phenoxy) is 1. The lowest BCUT2D eigenvalue weighted by atomic mass is 9.92. The molecule has 5 nitrogen and oxygen atoms in total. The lowest BCUT2D eigenvalue weighted by Gasteiger charge is -2.25. The summed E-state index contributed by atoms with van der Waals surface area (Å²) in [6.45, 7) is 2.49. The molecule has 1 amide bonds. The van der Waals surface area contributed by atoms with E-state index in [-0.39, 0.29) is 11.8 Å². The molecule has 1 atom stereocenters. The summed E-state index contributed by atoms with van der Waals surface area (Å²) < 4.78 is 7.42. The van der Waals surface area contributed by atoms with Gasteiger partial charge in [-0.2, -0.15) is 5.10 Å². The van der Waals surface area contributed by atoms with Crippen LogP contribution in [0.4, 0.5) is 5.82 Å². The summed E-state index contributed by atoms with van der Waals surface area (Å²) in [6.07, 6.45) is 2.43. The van der Waals surface area contributed by atoms with Crippen LogP contribution in [-0.2, 0) is 4.79 Å². The Labute approximate surface area is 146 Å². The van der Waals surface area contributed by atoms with Gasteiger partial charge in [-0.15, -0.1) is 0 Å². The van der Waals surface area contributed by atoms with Crippen LogP contribution in [0.25, 0.3) is 5.69 Å². The Morgan fingerprint density at radius 3 is 2.76 bits per heavy atom. The molecule has 1 N–H and O–H groups in total. The number of aromatic nitrogens is 2. The van der Waals surface area contributed by atoms with Crippen LogP contribution in [0.5, 0.6) is 5.75 Å². The molecule has 1 aliphatic heterocycles. The van der Waals surface area contributed by atoms with Gasteiger partial charge in [0.15, 0.2) is 0 Å². The molecule has 2 aromatic carbocycles. The van der Waals surface area contributed by atoms with Crippen LogP contribution in [-0.4, -0.2) is 22.3 Å². The van der Waals surface area contributed by atoms with E-state index in [0.717, 1.165) is 22.6 Å². The second kappa shape index (κ2) is 6.43. The second-order valence-electron chi connectivity index (χ2n) is 6.14. The summed E-state index contributed by atoms with van der Waals surface area (Å²) in [4.78, 5) is 13.0. The zero-order valence-corrected chi connectivity index (χ0v) is 14.0. The number of para-hydroxylation sites is 2. The average Bonchev–Trinajstić information content (AvgIpc) is 3.02. The summed E-state index contributed by atoms with van der Waals surface area (Å²) in [6, 6.07) is 17.5. The van der Waals surface area contributed by atoms with Crippen molar-refractivity contribution >= 4 is 11.7 Å². The van der Waals surface area contributed by atoms with Gasteiger partial charge in [0.05, 0.1) is 24.4 Å². The van der Waals surface area contributed by atoms with Crippen molar-refractivity contribution in [2.75, 3.05) is 11.9 Å². The Morgan fingerprint density at radius 1 is 1.16 bits per heavy atom. The Kier molecular flexibility index (Phi) is 3.98. The van der Waals surface area contributed by atoms with Crippen LogP contribution < -0.4 is 10.1 Å². The van der Waals surface area contributed by atoms with Crippen LogP contribution in [0.1, 0.15) is 23.5 Å². The van der Waals surface area contributed by atoms with Crippen LogP contribution in [0, 0.1) is 6.92 Å². The molecular formula is C20H19N3O2. The SMILES string of the molecule is Cc1cnn(-c2ccccc2)c1NC(=O)C1CCOc2ccccc21. The number of rotatable bonds is 3. The summed E-state index contributed by atoms with van der Waals surface area (Å²) in [7, 11) is 0. The van der Waals surface area contributed by atoms with Crippen LogP contribution in [0.2, 0.25) is 0 Å². The lowest BCUT2D eigenvalue weighted by Crippen LogP contribution is -2.27. The van der Waals surface area contributed by atoms with E-state index in [9.17, 15) is 4.79 Å². The monoisotopic (exact) mass is 333 g/mol. The van der Waals surface area contributed by atoms with Gasteiger partial charge in [0.1, 0.15) is 11.6 Å². The smallest absolute Gasteiger partial charge is 0.233 e. The average molecular weight is 333 g/mol. The number of benzene rings is 2. The number of anilines is 1. The number of hydrogen-bond donors (Lipinski definition) is 1. The first kappa shape index (κ1) is 15.4. The number of nitrogens with zero attached hydrogens (tertiary/aromatic N) is 2. The molecule has 5 heteroatoms. The minimum absolute atomic E-state index is 0.0310. The molecule has 1 aliphatic rings. The highest BCUT2D eigenvalue weighted by atomic mass is 16.5. The summed E-state index contributed by atoms with van der Waals surface area (Å²) in [5.74, 6) is 1.25. The second-order valence-corrected chi connectivity index (χ2v) is 6.14. The topological polar surface area (TPSA) is 56.2 Å². The molecule has 0 saturated carbocycles. The van der Waals surface area contributed by atoms with E-state index in [4.69, 9.17) is 4.74 Å². The number of amides is 1. The Balaban J connectivity index is 1.64. The molecule has 0 aliphatic carbocycles. The third-order valence-corrected chi connectivity index (χ3v) is 4.47. The molecule has 126 valence electrons. The van der Waals surface area contributed by atoms with Gasteiger partial charge in [-0.05, 0) is 31.5 Å². The van der Waals surface area contributed by atoms with Gasteiger partial charge in [0.25, 0.3) is 0 Å². The molecule has 0 bridgehead atoms. The number of hydrogen-bond acceptors (Lipinski definition) is 3. The third-order valence-electron chi connectivity index (χ3n) is 4.47. The maximum atomic E-state index is 13.0. The highest BCUT2D eigenvalue weighted by molar-refractivity contribution is 5.96. The highest BCUT2D eigenvalue weighted by Crippen LogP contribution is 2.34. The number of aryl methyl sites for hydroxylation is 1. The fourth-order valence-electron chi connectivity index (χ4n) is 3.16. The van der Waals surface area contributed by atoms with E-state index in [0.29, 0.717) is 18.8 Å².